The van der Waals surface area contributed by atoms with Gasteiger partial charge in [-0.3, -0.25) is 0 Å². The topological polar surface area (TPSA) is 61.5 Å². The van der Waals surface area contributed by atoms with Crippen LogP contribution in [0.4, 0.5) is 0 Å². The molecule has 3 rings (SSSR count). The number of benzene rings is 1. The number of unbranched alkanes of at least 4 members (excludes halogenated alkanes) is 2. The lowest BCUT2D eigenvalue weighted by atomic mass is 9.68. The SMILES string of the molecule is CCCCCc1cc(OC(=O)[C@H](N)C(C)C)c2c(c1)OC(C)(C)C1CCC(C)=CC21. The molecule has 0 radical (unpaired) electrons. The quantitative estimate of drug-likeness (QED) is 0.261. The van der Waals surface area contributed by atoms with Gasteiger partial charge in [0.1, 0.15) is 23.1 Å². The lowest BCUT2D eigenvalue weighted by molar-refractivity contribution is -0.136. The van der Waals surface area contributed by atoms with Crippen molar-refractivity contribution in [1.82, 2.24) is 0 Å². The van der Waals surface area contributed by atoms with Crippen molar-refractivity contribution in [2.75, 3.05) is 0 Å². The fraction of sp³-hybridized carbons (Fsp3) is 0.654. The second-order valence-electron chi connectivity index (χ2n) is 10.0. The molecule has 0 aromatic heterocycles. The lowest BCUT2D eigenvalue weighted by Gasteiger charge is -2.46. The Kier molecular flexibility index (Phi) is 6.96. The summed E-state index contributed by atoms with van der Waals surface area (Å²) in [7, 11) is 0. The zero-order valence-electron chi connectivity index (χ0n) is 19.6. The monoisotopic (exact) mass is 413 g/mol. The molecular weight excluding hydrogens is 374 g/mol. The molecule has 2 aliphatic rings. The van der Waals surface area contributed by atoms with Crippen LogP contribution in [0.1, 0.15) is 90.7 Å². The Morgan fingerprint density at radius 1 is 1.30 bits per heavy atom. The molecule has 0 saturated carbocycles. The minimum Gasteiger partial charge on any atom is -0.487 e. The molecule has 1 aliphatic heterocycles. The average molecular weight is 414 g/mol. The molecular formula is C26H39NO3. The molecule has 1 heterocycles. The van der Waals surface area contributed by atoms with Crippen molar-refractivity contribution in [3.63, 3.8) is 0 Å². The summed E-state index contributed by atoms with van der Waals surface area (Å²) in [4.78, 5) is 12.8. The van der Waals surface area contributed by atoms with Crippen LogP contribution in [-0.2, 0) is 11.2 Å². The summed E-state index contributed by atoms with van der Waals surface area (Å²) >= 11 is 0. The van der Waals surface area contributed by atoms with E-state index in [4.69, 9.17) is 15.2 Å². The van der Waals surface area contributed by atoms with Gasteiger partial charge >= 0.3 is 5.97 Å². The van der Waals surface area contributed by atoms with Crippen molar-refractivity contribution in [3.8, 4) is 11.5 Å². The van der Waals surface area contributed by atoms with E-state index in [-0.39, 0.29) is 23.4 Å². The molecule has 0 spiro atoms. The first kappa shape index (κ1) is 22.9. The van der Waals surface area contributed by atoms with Crippen LogP contribution in [0.3, 0.4) is 0 Å². The zero-order valence-corrected chi connectivity index (χ0v) is 19.6. The molecule has 2 N–H and O–H groups in total. The van der Waals surface area contributed by atoms with Crippen LogP contribution in [0.5, 0.6) is 11.5 Å². The number of carbonyl (C=O) groups is 1. The first-order chi connectivity index (χ1) is 14.1. The van der Waals surface area contributed by atoms with Gasteiger partial charge in [0.25, 0.3) is 0 Å². The Balaban J connectivity index is 2.06. The second kappa shape index (κ2) is 9.13. The number of esters is 1. The third-order valence-corrected chi connectivity index (χ3v) is 6.78. The number of ether oxygens (including phenoxy) is 2. The van der Waals surface area contributed by atoms with E-state index >= 15 is 0 Å². The predicted molar refractivity (Wildman–Crippen MR) is 122 cm³/mol. The van der Waals surface area contributed by atoms with E-state index in [9.17, 15) is 4.79 Å². The third kappa shape index (κ3) is 4.74. The number of aryl methyl sites for hydroxylation is 1. The molecule has 30 heavy (non-hydrogen) atoms. The predicted octanol–water partition coefficient (Wildman–Crippen LogP) is 5.92. The Hall–Kier alpha value is -1.81. The van der Waals surface area contributed by atoms with Crippen molar-refractivity contribution in [3.05, 3.63) is 34.9 Å². The number of hydrogen-bond donors (Lipinski definition) is 1. The molecule has 1 aromatic carbocycles. The molecule has 4 heteroatoms. The molecule has 4 nitrogen and oxygen atoms in total. The van der Waals surface area contributed by atoms with Crippen LogP contribution in [0.2, 0.25) is 0 Å². The summed E-state index contributed by atoms with van der Waals surface area (Å²) in [5, 5.41) is 0. The van der Waals surface area contributed by atoms with Gasteiger partial charge in [-0.05, 0) is 70.1 Å². The normalized spacial score (nSPS) is 23.1. The van der Waals surface area contributed by atoms with E-state index in [2.05, 4.69) is 45.9 Å². The van der Waals surface area contributed by atoms with E-state index in [1.807, 2.05) is 13.8 Å². The Morgan fingerprint density at radius 3 is 2.70 bits per heavy atom. The van der Waals surface area contributed by atoms with Crippen LogP contribution < -0.4 is 15.2 Å². The van der Waals surface area contributed by atoms with Crippen molar-refractivity contribution in [2.45, 2.75) is 97.6 Å². The van der Waals surface area contributed by atoms with Gasteiger partial charge in [-0.1, -0.05) is 45.3 Å². The van der Waals surface area contributed by atoms with Gasteiger partial charge in [0.2, 0.25) is 0 Å². The minimum atomic E-state index is -0.634. The lowest BCUT2D eigenvalue weighted by Crippen LogP contribution is -2.45. The van der Waals surface area contributed by atoms with Gasteiger partial charge in [-0.2, -0.15) is 0 Å². The van der Waals surface area contributed by atoms with Crippen molar-refractivity contribution in [2.24, 2.45) is 17.6 Å². The molecule has 0 amide bonds. The highest BCUT2D eigenvalue weighted by Gasteiger charge is 2.45. The maximum atomic E-state index is 12.8. The van der Waals surface area contributed by atoms with E-state index in [1.54, 1.807) is 0 Å². The van der Waals surface area contributed by atoms with Crippen LogP contribution >= 0.6 is 0 Å². The largest absolute Gasteiger partial charge is 0.487 e. The summed E-state index contributed by atoms with van der Waals surface area (Å²) in [6.45, 7) is 12.7. The number of carbonyl (C=O) groups excluding carboxylic acids is 1. The molecule has 3 atom stereocenters. The van der Waals surface area contributed by atoms with E-state index in [1.165, 1.54) is 18.4 Å². The van der Waals surface area contributed by atoms with Crippen molar-refractivity contribution < 1.29 is 14.3 Å². The molecule has 0 bridgehead atoms. The first-order valence-corrected chi connectivity index (χ1v) is 11.6. The zero-order chi connectivity index (χ0) is 22.1. The van der Waals surface area contributed by atoms with E-state index in [0.717, 1.165) is 42.6 Å². The van der Waals surface area contributed by atoms with Gasteiger partial charge in [0.15, 0.2) is 0 Å². The van der Waals surface area contributed by atoms with Gasteiger partial charge in [0.05, 0.1) is 0 Å². The average Bonchev–Trinajstić information content (AvgIpc) is 2.66. The number of nitrogens with two attached hydrogens (primary N) is 1. The molecule has 166 valence electrons. The molecule has 1 aliphatic carbocycles. The van der Waals surface area contributed by atoms with Crippen LogP contribution in [0, 0.1) is 11.8 Å². The fourth-order valence-electron chi connectivity index (χ4n) is 4.82. The second-order valence-corrected chi connectivity index (χ2v) is 10.0. The van der Waals surface area contributed by atoms with Crippen LogP contribution in [0.25, 0.3) is 0 Å². The van der Waals surface area contributed by atoms with Gasteiger partial charge in [-0.15, -0.1) is 0 Å². The van der Waals surface area contributed by atoms with Gasteiger partial charge < -0.3 is 15.2 Å². The molecule has 0 saturated heterocycles. The maximum Gasteiger partial charge on any atom is 0.328 e. The highest BCUT2D eigenvalue weighted by atomic mass is 16.5. The van der Waals surface area contributed by atoms with E-state index < -0.39 is 6.04 Å². The molecule has 2 unspecified atom stereocenters. The minimum absolute atomic E-state index is 0.0285. The van der Waals surface area contributed by atoms with Gasteiger partial charge in [0, 0.05) is 17.4 Å². The van der Waals surface area contributed by atoms with Crippen LogP contribution in [-0.4, -0.2) is 17.6 Å². The molecule has 1 aromatic rings. The highest BCUT2D eigenvalue weighted by molar-refractivity contribution is 5.79. The summed E-state index contributed by atoms with van der Waals surface area (Å²) in [6, 6.07) is 3.58. The van der Waals surface area contributed by atoms with Crippen molar-refractivity contribution >= 4 is 5.97 Å². The smallest absolute Gasteiger partial charge is 0.328 e. The first-order valence-electron chi connectivity index (χ1n) is 11.6. The third-order valence-electron chi connectivity index (χ3n) is 6.78. The van der Waals surface area contributed by atoms with Gasteiger partial charge in [-0.25, -0.2) is 4.79 Å². The number of rotatable bonds is 7. The van der Waals surface area contributed by atoms with Crippen LogP contribution in [0.15, 0.2) is 23.8 Å². The molecule has 0 fully saturated rings. The summed E-state index contributed by atoms with van der Waals surface area (Å²) < 4.78 is 12.5. The maximum absolute atomic E-state index is 12.8. The Bertz CT molecular complexity index is 809. The highest BCUT2D eigenvalue weighted by Crippen LogP contribution is 2.53. The van der Waals surface area contributed by atoms with E-state index in [0.29, 0.717) is 11.7 Å². The fourth-order valence-corrected chi connectivity index (χ4v) is 4.82. The summed E-state index contributed by atoms with van der Waals surface area (Å²) in [5.74, 6) is 1.71. The Labute approximate surface area is 182 Å². The Morgan fingerprint density at radius 2 is 2.03 bits per heavy atom. The number of allylic oxidation sites excluding steroid dienone is 2. The summed E-state index contributed by atoms with van der Waals surface area (Å²) in [6.07, 6.45) is 8.95. The number of hydrogen-bond acceptors (Lipinski definition) is 4. The van der Waals surface area contributed by atoms with Crippen molar-refractivity contribution in [1.29, 1.82) is 0 Å². The standard InChI is InChI=1S/C26H39NO3/c1-7-8-9-10-18-14-21(29-25(28)24(27)16(2)3)23-19-13-17(4)11-12-20(19)26(5,6)30-22(23)15-18/h13-16,19-20,24H,7-12,27H2,1-6H3/t19?,20?,24-/m1/s1. The number of fused-ring (bicyclic) bond motifs is 3. The summed E-state index contributed by atoms with van der Waals surface area (Å²) in [5.41, 5.74) is 9.41.